The van der Waals surface area contributed by atoms with E-state index in [2.05, 4.69) is 5.32 Å². The number of rotatable bonds is 2. The van der Waals surface area contributed by atoms with Crippen molar-refractivity contribution in [1.82, 2.24) is 5.32 Å². The van der Waals surface area contributed by atoms with Gasteiger partial charge in [0.2, 0.25) is 0 Å². The largest absolute Gasteiger partial charge is 0.465 e. The molecule has 0 aromatic rings. The van der Waals surface area contributed by atoms with E-state index in [0.717, 1.165) is 24.7 Å². The van der Waals surface area contributed by atoms with Gasteiger partial charge in [-0.1, -0.05) is 0 Å². The third kappa shape index (κ3) is 1.40. The maximum absolute atomic E-state index is 12.0. The van der Waals surface area contributed by atoms with Gasteiger partial charge in [-0.2, -0.15) is 0 Å². The monoisotopic (exact) mass is 209 g/mol. The van der Waals surface area contributed by atoms with E-state index >= 15 is 0 Å². The third-order valence-corrected chi connectivity index (χ3v) is 4.32. The molecule has 2 aliphatic heterocycles. The van der Waals surface area contributed by atoms with Crippen molar-refractivity contribution in [3.63, 3.8) is 0 Å². The highest BCUT2D eigenvalue weighted by atomic mass is 16.5. The van der Waals surface area contributed by atoms with Gasteiger partial charge in [-0.25, -0.2) is 0 Å². The van der Waals surface area contributed by atoms with Crippen molar-refractivity contribution in [2.45, 2.75) is 50.6 Å². The van der Waals surface area contributed by atoms with Crippen LogP contribution >= 0.6 is 0 Å². The Bertz CT molecular complexity index is 252. The van der Waals surface area contributed by atoms with Crippen LogP contribution in [0.3, 0.4) is 0 Å². The topological polar surface area (TPSA) is 38.3 Å². The highest BCUT2D eigenvalue weighted by Crippen LogP contribution is 2.49. The molecule has 84 valence electrons. The number of hydrogen-bond acceptors (Lipinski definition) is 3. The number of nitrogens with one attached hydrogen (secondary N) is 1. The number of hydrogen-bond donors (Lipinski definition) is 1. The molecule has 0 aromatic carbocycles. The normalized spacial score (nSPS) is 46.9. The summed E-state index contributed by atoms with van der Waals surface area (Å²) in [6.07, 6.45) is 5.92. The van der Waals surface area contributed by atoms with Gasteiger partial charge in [0.25, 0.3) is 0 Å². The van der Waals surface area contributed by atoms with Crippen molar-refractivity contribution in [3.05, 3.63) is 0 Å². The Labute approximate surface area is 90.6 Å². The van der Waals surface area contributed by atoms with Crippen molar-refractivity contribution in [2.75, 3.05) is 6.61 Å². The molecule has 0 spiro atoms. The van der Waals surface area contributed by atoms with E-state index in [9.17, 15) is 4.79 Å². The predicted octanol–water partition coefficient (Wildman–Crippen LogP) is 1.47. The Morgan fingerprint density at radius 2 is 2.00 bits per heavy atom. The van der Waals surface area contributed by atoms with Crippen molar-refractivity contribution < 1.29 is 9.53 Å². The average Bonchev–Trinajstić information content (AvgIpc) is 2.15. The summed E-state index contributed by atoms with van der Waals surface area (Å²) in [5.41, 5.74) is -0.301. The second-order valence-corrected chi connectivity index (χ2v) is 5.49. The van der Waals surface area contributed by atoms with Gasteiger partial charge in [0.15, 0.2) is 0 Å². The van der Waals surface area contributed by atoms with E-state index < -0.39 is 0 Å². The van der Waals surface area contributed by atoms with Gasteiger partial charge in [0.1, 0.15) is 5.54 Å². The van der Waals surface area contributed by atoms with Crippen molar-refractivity contribution in [3.8, 4) is 0 Å². The summed E-state index contributed by atoms with van der Waals surface area (Å²) in [4.78, 5) is 12.0. The highest BCUT2D eigenvalue weighted by Gasteiger charge is 2.55. The van der Waals surface area contributed by atoms with Crippen LogP contribution in [0.4, 0.5) is 0 Å². The second kappa shape index (κ2) is 3.21. The molecular weight excluding hydrogens is 190 g/mol. The van der Waals surface area contributed by atoms with Crippen molar-refractivity contribution >= 4 is 5.97 Å². The molecule has 4 rings (SSSR count). The van der Waals surface area contributed by atoms with E-state index in [-0.39, 0.29) is 11.5 Å². The van der Waals surface area contributed by atoms with E-state index in [1.54, 1.807) is 0 Å². The lowest BCUT2D eigenvalue weighted by Crippen LogP contribution is -2.67. The number of ether oxygens (including phenoxy) is 1. The van der Waals surface area contributed by atoms with Crippen LogP contribution < -0.4 is 5.32 Å². The van der Waals surface area contributed by atoms with Crippen LogP contribution in [0, 0.1) is 11.8 Å². The first-order valence-electron chi connectivity index (χ1n) is 6.17. The lowest BCUT2D eigenvalue weighted by molar-refractivity contribution is -0.160. The first-order valence-corrected chi connectivity index (χ1v) is 6.17. The van der Waals surface area contributed by atoms with Crippen LogP contribution in [0.25, 0.3) is 0 Å². The lowest BCUT2D eigenvalue weighted by Gasteiger charge is -2.55. The highest BCUT2D eigenvalue weighted by molar-refractivity contribution is 5.81. The number of carbonyl (C=O) groups excluding carboxylic acids is 1. The summed E-state index contributed by atoms with van der Waals surface area (Å²) in [7, 11) is 0. The van der Waals surface area contributed by atoms with E-state index in [1.165, 1.54) is 19.3 Å². The summed E-state index contributed by atoms with van der Waals surface area (Å²) in [5.74, 6) is 1.55. The zero-order valence-corrected chi connectivity index (χ0v) is 9.29. The zero-order chi connectivity index (χ0) is 10.5. The smallest absolute Gasteiger partial charge is 0.326 e. The standard InChI is InChI=1S/C12H19NO2/c1-2-15-11(14)12-6-8-3-9(7-12)5-10(4-8)13-12/h8-10,13H,2-7H2,1H3. The summed E-state index contributed by atoms with van der Waals surface area (Å²) < 4.78 is 5.23. The molecule has 4 fully saturated rings. The van der Waals surface area contributed by atoms with Gasteiger partial charge in [0, 0.05) is 6.04 Å². The van der Waals surface area contributed by atoms with Gasteiger partial charge in [-0.15, -0.1) is 0 Å². The first kappa shape index (κ1) is 9.64. The Hall–Kier alpha value is -0.570. The summed E-state index contributed by atoms with van der Waals surface area (Å²) in [6.45, 7) is 2.39. The predicted molar refractivity (Wildman–Crippen MR) is 56.4 cm³/mol. The van der Waals surface area contributed by atoms with Crippen LogP contribution in [-0.2, 0) is 9.53 Å². The maximum atomic E-state index is 12.0. The van der Waals surface area contributed by atoms with Crippen LogP contribution in [0.1, 0.15) is 39.0 Å². The maximum Gasteiger partial charge on any atom is 0.326 e. The SMILES string of the molecule is CCOC(=O)C12CC3CC(CC(C3)N1)C2. The molecule has 4 bridgehead atoms. The second-order valence-electron chi connectivity index (χ2n) is 5.49. The molecular formula is C12H19NO2. The molecule has 4 aliphatic rings. The molecule has 3 nitrogen and oxygen atoms in total. The molecule has 3 heteroatoms. The van der Waals surface area contributed by atoms with Crippen LogP contribution in [-0.4, -0.2) is 24.2 Å². The van der Waals surface area contributed by atoms with E-state index in [4.69, 9.17) is 4.74 Å². The Morgan fingerprint density at radius 1 is 1.33 bits per heavy atom. The van der Waals surface area contributed by atoms with Gasteiger partial charge < -0.3 is 4.74 Å². The fourth-order valence-corrected chi connectivity index (χ4v) is 4.09. The van der Waals surface area contributed by atoms with Crippen molar-refractivity contribution in [2.24, 2.45) is 11.8 Å². The molecule has 2 saturated carbocycles. The zero-order valence-electron chi connectivity index (χ0n) is 9.29. The Morgan fingerprint density at radius 3 is 2.53 bits per heavy atom. The minimum absolute atomic E-state index is 0.00380. The fraction of sp³-hybridized carbons (Fsp3) is 0.917. The molecule has 1 N–H and O–H groups in total. The number of carbonyl (C=O) groups is 1. The summed E-state index contributed by atoms with van der Waals surface area (Å²) in [6, 6.07) is 0.584. The molecule has 0 aromatic heterocycles. The minimum atomic E-state index is -0.301. The van der Waals surface area contributed by atoms with Crippen LogP contribution in [0.5, 0.6) is 0 Å². The Kier molecular flexibility index (Phi) is 2.06. The number of piperidine rings is 2. The molecule has 0 amide bonds. The molecule has 2 atom stereocenters. The summed E-state index contributed by atoms with van der Waals surface area (Å²) in [5, 5.41) is 3.54. The molecule has 15 heavy (non-hydrogen) atoms. The van der Waals surface area contributed by atoms with Crippen molar-refractivity contribution in [1.29, 1.82) is 0 Å². The molecule has 2 aliphatic carbocycles. The van der Waals surface area contributed by atoms with Gasteiger partial charge in [-0.05, 0) is 50.9 Å². The van der Waals surface area contributed by atoms with E-state index in [0.29, 0.717) is 12.6 Å². The van der Waals surface area contributed by atoms with Gasteiger partial charge >= 0.3 is 5.97 Å². The third-order valence-electron chi connectivity index (χ3n) is 4.32. The lowest BCUT2D eigenvalue weighted by atomic mass is 9.59. The Balaban J connectivity index is 1.83. The molecule has 2 heterocycles. The average molecular weight is 209 g/mol. The van der Waals surface area contributed by atoms with Gasteiger partial charge in [0.05, 0.1) is 6.61 Å². The fourth-order valence-electron chi connectivity index (χ4n) is 4.09. The van der Waals surface area contributed by atoms with Crippen LogP contribution in [0.2, 0.25) is 0 Å². The number of esters is 1. The summed E-state index contributed by atoms with van der Waals surface area (Å²) >= 11 is 0. The molecule has 0 radical (unpaired) electrons. The quantitative estimate of drug-likeness (QED) is 0.700. The molecule has 2 saturated heterocycles. The minimum Gasteiger partial charge on any atom is -0.465 e. The van der Waals surface area contributed by atoms with Crippen LogP contribution in [0.15, 0.2) is 0 Å². The van der Waals surface area contributed by atoms with Gasteiger partial charge in [-0.3, -0.25) is 10.1 Å². The molecule has 2 unspecified atom stereocenters. The first-order chi connectivity index (χ1) is 7.22. The van der Waals surface area contributed by atoms with E-state index in [1.807, 2.05) is 6.92 Å².